The van der Waals surface area contributed by atoms with Crippen molar-refractivity contribution < 1.29 is 14.3 Å². The lowest BCUT2D eigenvalue weighted by atomic mass is 10.0. The van der Waals surface area contributed by atoms with Gasteiger partial charge in [-0.1, -0.05) is 54.6 Å². The largest absolute Gasteiger partial charge is 0.505 e. The Balaban J connectivity index is 1.44. The monoisotopic (exact) mass is 499 g/mol. The number of hydrogen-bond acceptors (Lipinski definition) is 8. The number of para-hydroxylation sites is 3. The summed E-state index contributed by atoms with van der Waals surface area (Å²) in [7, 11) is 0. The predicted molar refractivity (Wildman–Crippen MR) is 140 cm³/mol. The highest BCUT2D eigenvalue weighted by atomic mass is 16.4. The number of rotatable bonds is 5. The molecule has 6 rings (SSSR count). The molecule has 2 heterocycles. The summed E-state index contributed by atoms with van der Waals surface area (Å²) in [5.41, 5.74) is 1.94. The number of aromatic nitrogens is 3. The van der Waals surface area contributed by atoms with Crippen molar-refractivity contribution in [2.45, 2.75) is 0 Å². The number of nitrogens with zero attached hydrogens (tertiary/aromatic N) is 6. The molecule has 0 aliphatic carbocycles. The second-order valence-electron chi connectivity index (χ2n) is 8.23. The number of oxazole rings is 1. The lowest BCUT2D eigenvalue weighted by molar-refractivity contribution is 0.102. The molecule has 0 atom stereocenters. The van der Waals surface area contributed by atoms with Gasteiger partial charge in [0.1, 0.15) is 22.8 Å². The summed E-state index contributed by atoms with van der Waals surface area (Å²) < 4.78 is 7.02. The normalized spacial score (nSPS) is 11.2. The Labute approximate surface area is 215 Å². The van der Waals surface area contributed by atoms with E-state index in [1.54, 1.807) is 60.7 Å². The number of anilines is 1. The third-order valence-corrected chi connectivity index (χ3v) is 5.84. The minimum atomic E-state index is -0.504. The van der Waals surface area contributed by atoms with Crippen LogP contribution in [0.1, 0.15) is 15.9 Å². The Kier molecular flexibility index (Phi) is 5.56. The lowest BCUT2D eigenvalue weighted by Crippen LogP contribution is -2.12. The molecule has 0 unspecified atom stereocenters. The summed E-state index contributed by atoms with van der Waals surface area (Å²) >= 11 is 0. The molecule has 6 aromatic rings. The zero-order valence-electron chi connectivity index (χ0n) is 19.6. The van der Waals surface area contributed by atoms with Crippen LogP contribution in [0.15, 0.2) is 106 Å². The highest BCUT2D eigenvalue weighted by Gasteiger charge is 2.21. The highest BCUT2D eigenvalue weighted by molar-refractivity contribution is 6.16. The van der Waals surface area contributed by atoms with Gasteiger partial charge in [0, 0.05) is 5.69 Å². The topological polar surface area (TPSA) is 142 Å². The van der Waals surface area contributed by atoms with E-state index in [0.717, 1.165) is 0 Å². The average Bonchev–Trinajstić information content (AvgIpc) is 3.56. The Morgan fingerprint density at radius 1 is 1.00 bits per heavy atom. The molecule has 0 radical (unpaired) electrons. The molecule has 182 valence electrons. The van der Waals surface area contributed by atoms with Crippen molar-refractivity contribution in [2.24, 2.45) is 10.2 Å². The van der Waals surface area contributed by atoms with Gasteiger partial charge in [-0.2, -0.15) is 20.0 Å². The number of azo groups is 1. The maximum atomic E-state index is 13.2. The second-order valence-corrected chi connectivity index (χ2v) is 8.23. The fraction of sp³-hybridized carbons (Fsp3) is 0. The van der Waals surface area contributed by atoms with Crippen molar-refractivity contribution in [1.82, 2.24) is 14.8 Å². The summed E-state index contributed by atoms with van der Waals surface area (Å²) in [6.45, 7) is 0. The third-order valence-electron chi connectivity index (χ3n) is 5.84. The number of carbonyl (C=O) groups is 1. The van der Waals surface area contributed by atoms with E-state index in [-0.39, 0.29) is 34.4 Å². The maximum Gasteiger partial charge on any atom is 0.325 e. The van der Waals surface area contributed by atoms with E-state index < -0.39 is 5.91 Å². The van der Waals surface area contributed by atoms with Crippen LogP contribution >= 0.6 is 0 Å². The number of aromatic hydroxyl groups is 1. The molecule has 0 spiro atoms. The van der Waals surface area contributed by atoms with Gasteiger partial charge in [0.2, 0.25) is 5.82 Å². The number of hydrogen-bond donors (Lipinski definition) is 2. The summed E-state index contributed by atoms with van der Waals surface area (Å²) in [6.07, 6.45) is 1.32. The van der Waals surface area contributed by atoms with Gasteiger partial charge in [-0.15, -0.1) is 10.2 Å². The molecular weight excluding hydrogens is 482 g/mol. The predicted octanol–water partition coefficient (Wildman–Crippen LogP) is 6.41. The van der Waals surface area contributed by atoms with Crippen LogP contribution in [0, 0.1) is 11.3 Å². The van der Waals surface area contributed by atoms with Gasteiger partial charge in [-0.25, -0.2) is 0 Å². The smallest absolute Gasteiger partial charge is 0.325 e. The molecule has 10 heteroatoms. The van der Waals surface area contributed by atoms with Crippen molar-refractivity contribution in [1.29, 1.82) is 5.26 Å². The van der Waals surface area contributed by atoms with Crippen molar-refractivity contribution in [3.8, 4) is 17.8 Å². The average molecular weight is 499 g/mol. The summed E-state index contributed by atoms with van der Waals surface area (Å²) in [5.74, 6) is -0.801. The van der Waals surface area contributed by atoms with Crippen molar-refractivity contribution in [3.05, 3.63) is 102 Å². The first-order chi connectivity index (χ1) is 18.6. The maximum absolute atomic E-state index is 13.2. The Bertz CT molecular complexity index is 1870. The van der Waals surface area contributed by atoms with E-state index in [2.05, 4.69) is 25.6 Å². The standard InChI is InChI=1S/C28H17N7O3/c29-15-18-16-30-35(28-32-21-12-6-7-13-23(21)38-28)26(18)34-33-22-14-17-8-4-5-11-20(17)24(25(22)36)27(37)31-19-9-2-1-3-10-19/h1-14,16,36H,(H,31,37). The summed E-state index contributed by atoms with van der Waals surface area (Å²) in [5, 5.41) is 37.4. The number of amides is 1. The van der Waals surface area contributed by atoms with Gasteiger partial charge in [0.15, 0.2) is 11.3 Å². The van der Waals surface area contributed by atoms with Crippen molar-refractivity contribution in [2.75, 3.05) is 5.32 Å². The molecule has 0 saturated carbocycles. The van der Waals surface area contributed by atoms with Crippen molar-refractivity contribution in [3.63, 3.8) is 0 Å². The SMILES string of the molecule is N#Cc1cnn(-c2nc3ccccc3o2)c1N=Nc1cc2ccccc2c(C(=O)Nc2ccccc2)c1O. The molecule has 4 aromatic carbocycles. The van der Waals surface area contributed by atoms with Crippen LogP contribution in [0.4, 0.5) is 17.2 Å². The van der Waals surface area contributed by atoms with Crippen LogP contribution in [-0.2, 0) is 0 Å². The van der Waals surface area contributed by atoms with Gasteiger partial charge < -0.3 is 14.8 Å². The Morgan fingerprint density at radius 2 is 1.76 bits per heavy atom. The minimum Gasteiger partial charge on any atom is -0.505 e. The molecule has 0 fully saturated rings. The zero-order valence-corrected chi connectivity index (χ0v) is 19.6. The molecule has 0 saturated heterocycles. The summed E-state index contributed by atoms with van der Waals surface area (Å²) in [6, 6.07) is 27.0. The molecule has 0 aliphatic heterocycles. The quantitative estimate of drug-likeness (QED) is 0.262. The van der Waals surface area contributed by atoms with Gasteiger partial charge in [-0.3, -0.25) is 4.79 Å². The van der Waals surface area contributed by atoms with Gasteiger partial charge >= 0.3 is 6.01 Å². The number of carbonyl (C=O) groups excluding carboxylic acids is 1. The minimum absolute atomic E-state index is 0.0381. The number of phenolic OH excluding ortho intramolecular Hbond substituents is 1. The van der Waals surface area contributed by atoms with Crippen LogP contribution in [0.2, 0.25) is 0 Å². The number of phenols is 1. The van der Waals surface area contributed by atoms with Gasteiger partial charge in [0.05, 0.1) is 11.8 Å². The summed E-state index contributed by atoms with van der Waals surface area (Å²) in [4.78, 5) is 17.6. The fourth-order valence-corrected chi connectivity index (χ4v) is 4.05. The van der Waals surface area contributed by atoms with Crippen LogP contribution in [-0.4, -0.2) is 25.8 Å². The zero-order chi connectivity index (χ0) is 26.1. The van der Waals surface area contributed by atoms with Gasteiger partial charge in [-0.05, 0) is 41.1 Å². The molecule has 0 bridgehead atoms. The van der Waals surface area contributed by atoms with Crippen LogP contribution < -0.4 is 5.32 Å². The van der Waals surface area contributed by atoms with E-state index in [1.807, 2.05) is 30.3 Å². The lowest BCUT2D eigenvalue weighted by Gasteiger charge is -2.12. The van der Waals surface area contributed by atoms with E-state index in [1.165, 1.54) is 10.9 Å². The molecule has 0 aliphatic rings. The molecule has 2 N–H and O–H groups in total. The fourth-order valence-electron chi connectivity index (χ4n) is 4.05. The van der Waals surface area contributed by atoms with Crippen LogP contribution in [0.5, 0.6) is 5.75 Å². The molecular formula is C28H17N7O3. The Morgan fingerprint density at radius 3 is 2.58 bits per heavy atom. The van der Waals surface area contributed by atoms with Crippen LogP contribution in [0.25, 0.3) is 27.9 Å². The number of fused-ring (bicyclic) bond motifs is 2. The van der Waals surface area contributed by atoms with E-state index in [4.69, 9.17) is 4.42 Å². The Hall–Kier alpha value is -5.82. The molecule has 2 aromatic heterocycles. The second kappa shape index (κ2) is 9.33. The third kappa shape index (κ3) is 4.00. The molecule has 10 nitrogen and oxygen atoms in total. The van der Waals surface area contributed by atoms with E-state index >= 15 is 0 Å². The van der Waals surface area contributed by atoms with Crippen LogP contribution in [0.3, 0.4) is 0 Å². The van der Waals surface area contributed by atoms with E-state index in [9.17, 15) is 15.2 Å². The number of nitriles is 1. The number of benzene rings is 4. The first-order valence-electron chi connectivity index (χ1n) is 11.5. The van der Waals surface area contributed by atoms with E-state index in [0.29, 0.717) is 27.6 Å². The highest BCUT2D eigenvalue weighted by Crippen LogP contribution is 2.38. The molecule has 38 heavy (non-hydrogen) atoms. The van der Waals surface area contributed by atoms with Crippen molar-refractivity contribution >= 4 is 45.0 Å². The number of nitrogens with one attached hydrogen (secondary N) is 1. The first-order valence-corrected chi connectivity index (χ1v) is 11.5. The first kappa shape index (κ1) is 22.6. The molecule has 1 amide bonds. The van der Waals surface area contributed by atoms with Gasteiger partial charge in [0.25, 0.3) is 5.91 Å².